The molecule has 0 heterocycles. The summed E-state index contributed by atoms with van der Waals surface area (Å²) in [6.07, 6.45) is 0. The minimum Gasteiger partial charge on any atom is -0.486 e. The van der Waals surface area contributed by atoms with Crippen LogP contribution in [0.2, 0.25) is 0 Å². The Bertz CT molecular complexity index is 528. The van der Waals surface area contributed by atoms with Crippen LogP contribution in [-0.4, -0.2) is 0 Å². The zero-order chi connectivity index (χ0) is 13.0. The van der Waals surface area contributed by atoms with Crippen LogP contribution >= 0.6 is 34.2 Å². The van der Waals surface area contributed by atoms with Crippen molar-refractivity contribution in [2.75, 3.05) is 0 Å². The highest BCUT2D eigenvalue weighted by atomic mass is 127. The molecule has 0 aromatic heterocycles. The molecule has 0 spiro atoms. The monoisotopic (exact) mass is 376 g/mol. The Labute approximate surface area is 124 Å². The molecular formula is C14H11ClFIO. The molecule has 0 bridgehead atoms. The zero-order valence-corrected chi connectivity index (χ0v) is 12.4. The minimum atomic E-state index is -0.376. The van der Waals surface area contributed by atoms with Crippen molar-refractivity contribution in [3.8, 4) is 5.75 Å². The van der Waals surface area contributed by atoms with E-state index in [1.165, 1.54) is 6.07 Å². The summed E-state index contributed by atoms with van der Waals surface area (Å²) in [7, 11) is 0. The molecule has 0 aliphatic heterocycles. The van der Waals surface area contributed by atoms with Gasteiger partial charge in [0, 0.05) is 9.45 Å². The van der Waals surface area contributed by atoms with E-state index >= 15 is 0 Å². The first-order valence-electron chi connectivity index (χ1n) is 5.40. The Balaban J connectivity index is 2.04. The van der Waals surface area contributed by atoms with Crippen molar-refractivity contribution in [3.63, 3.8) is 0 Å². The maximum atomic E-state index is 13.6. The van der Waals surface area contributed by atoms with Gasteiger partial charge in [0.1, 0.15) is 6.61 Å². The number of alkyl halides is 1. The van der Waals surface area contributed by atoms with Crippen molar-refractivity contribution in [2.45, 2.75) is 12.5 Å². The van der Waals surface area contributed by atoms with Gasteiger partial charge in [0.05, 0.1) is 0 Å². The second kappa shape index (κ2) is 6.38. The lowest BCUT2D eigenvalue weighted by Gasteiger charge is -2.08. The van der Waals surface area contributed by atoms with Crippen LogP contribution in [0.25, 0.3) is 0 Å². The fourth-order valence-electron chi connectivity index (χ4n) is 1.49. The summed E-state index contributed by atoms with van der Waals surface area (Å²) >= 11 is 7.87. The lowest BCUT2D eigenvalue weighted by Crippen LogP contribution is -1.98. The normalized spacial score (nSPS) is 10.4. The number of rotatable bonds is 4. The Kier molecular flexibility index (Phi) is 4.83. The third kappa shape index (κ3) is 3.59. The first kappa shape index (κ1) is 13.6. The molecule has 2 rings (SSSR count). The van der Waals surface area contributed by atoms with Crippen molar-refractivity contribution < 1.29 is 9.13 Å². The van der Waals surface area contributed by atoms with Gasteiger partial charge in [0.25, 0.3) is 0 Å². The predicted octanol–water partition coefficient (Wildman–Crippen LogP) is 4.75. The molecule has 1 nitrogen and oxygen atoms in total. The molecular weight excluding hydrogens is 366 g/mol. The van der Waals surface area contributed by atoms with Gasteiger partial charge in [-0.1, -0.05) is 18.2 Å². The first-order valence-corrected chi connectivity index (χ1v) is 7.02. The van der Waals surface area contributed by atoms with Crippen LogP contribution in [0.4, 0.5) is 4.39 Å². The van der Waals surface area contributed by atoms with Crippen molar-refractivity contribution in [1.82, 2.24) is 0 Å². The van der Waals surface area contributed by atoms with Crippen LogP contribution in [-0.2, 0) is 12.5 Å². The number of hydrogen-bond acceptors (Lipinski definition) is 1. The molecule has 2 aromatic rings. The van der Waals surface area contributed by atoms with Crippen LogP contribution in [0.3, 0.4) is 0 Å². The molecule has 0 amide bonds. The van der Waals surface area contributed by atoms with Crippen molar-refractivity contribution in [1.29, 1.82) is 0 Å². The van der Waals surface area contributed by atoms with Crippen molar-refractivity contribution >= 4 is 34.2 Å². The zero-order valence-electron chi connectivity index (χ0n) is 9.50. The Hall–Kier alpha value is -0.810. The van der Waals surface area contributed by atoms with Gasteiger partial charge in [-0.2, -0.15) is 0 Å². The highest BCUT2D eigenvalue weighted by Crippen LogP contribution is 2.20. The van der Waals surface area contributed by atoms with Gasteiger partial charge in [0.15, 0.2) is 11.6 Å². The van der Waals surface area contributed by atoms with E-state index in [1.54, 1.807) is 12.1 Å². The van der Waals surface area contributed by atoms with E-state index in [1.807, 2.05) is 24.3 Å². The quantitative estimate of drug-likeness (QED) is 0.553. The van der Waals surface area contributed by atoms with Crippen LogP contribution < -0.4 is 4.74 Å². The first-order chi connectivity index (χ1) is 8.69. The average Bonchev–Trinajstić information content (AvgIpc) is 2.39. The lowest BCUT2D eigenvalue weighted by molar-refractivity contribution is 0.290. The minimum absolute atomic E-state index is 0.252. The number of halogens is 3. The van der Waals surface area contributed by atoms with Crippen LogP contribution in [0.5, 0.6) is 5.75 Å². The molecule has 0 saturated carbocycles. The standard InChI is InChI=1S/C14H11ClFIO/c15-8-11-3-6-14(13(16)7-11)18-9-10-1-4-12(17)5-2-10/h1-7H,8-9H2. The topological polar surface area (TPSA) is 9.23 Å². The summed E-state index contributed by atoms with van der Waals surface area (Å²) in [6.45, 7) is 0.355. The summed E-state index contributed by atoms with van der Waals surface area (Å²) in [4.78, 5) is 0. The molecule has 0 radical (unpaired) electrons. The maximum absolute atomic E-state index is 13.6. The molecule has 4 heteroatoms. The molecule has 94 valence electrons. The fourth-order valence-corrected chi connectivity index (χ4v) is 2.01. The van der Waals surface area contributed by atoms with Gasteiger partial charge in [-0.05, 0) is 58.0 Å². The van der Waals surface area contributed by atoms with Gasteiger partial charge in [-0.25, -0.2) is 4.39 Å². The molecule has 0 N–H and O–H groups in total. The second-order valence-electron chi connectivity index (χ2n) is 3.81. The Morgan fingerprint density at radius 2 is 1.72 bits per heavy atom. The van der Waals surface area contributed by atoms with Crippen molar-refractivity contribution in [3.05, 3.63) is 63.0 Å². The van der Waals surface area contributed by atoms with Gasteiger partial charge >= 0.3 is 0 Å². The van der Waals surface area contributed by atoms with E-state index in [-0.39, 0.29) is 11.6 Å². The molecule has 0 saturated heterocycles. The predicted molar refractivity (Wildman–Crippen MR) is 79.4 cm³/mol. The van der Waals surface area contributed by atoms with Crippen molar-refractivity contribution in [2.24, 2.45) is 0 Å². The highest BCUT2D eigenvalue weighted by Gasteiger charge is 2.04. The molecule has 0 aliphatic rings. The van der Waals surface area contributed by atoms with E-state index in [4.69, 9.17) is 16.3 Å². The highest BCUT2D eigenvalue weighted by molar-refractivity contribution is 14.1. The Morgan fingerprint density at radius 1 is 1.06 bits per heavy atom. The summed E-state index contributed by atoms with van der Waals surface area (Å²) < 4.78 is 20.2. The van der Waals surface area contributed by atoms with E-state index in [9.17, 15) is 4.39 Å². The van der Waals surface area contributed by atoms with E-state index < -0.39 is 0 Å². The van der Waals surface area contributed by atoms with Gasteiger partial charge in [-0.15, -0.1) is 11.6 Å². The van der Waals surface area contributed by atoms with E-state index in [2.05, 4.69) is 22.6 Å². The SMILES string of the molecule is Fc1cc(CCl)ccc1OCc1ccc(I)cc1. The third-order valence-corrected chi connectivity index (χ3v) is 3.49. The smallest absolute Gasteiger partial charge is 0.165 e. The third-order valence-electron chi connectivity index (χ3n) is 2.46. The Morgan fingerprint density at radius 3 is 2.33 bits per heavy atom. The van der Waals surface area contributed by atoms with Crippen LogP contribution in [0.15, 0.2) is 42.5 Å². The average molecular weight is 377 g/mol. The molecule has 0 fully saturated rings. The lowest BCUT2D eigenvalue weighted by atomic mass is 10.2. The molecule has 0 unspecified atom stereocenters. The summed E-state index contributed by atoms with van der Waals surface area (Å²) in [5, 5.41) is 0. The van der Waals surface area contributed by atoms with Crippen LogP contribution in [0, 0.1) is 9.39 Å². The molecule has 0 aliphatic carbocycles. The molecule has 0 atom stereocenters. The van der Waals surface area contributed by atoms with E-state index in [0.717, 1.165) is 14.7 Å². The number of hydrogen-bond donors (Lipinski definition) is 0. The van der Waals surface area contributed by atoms with Crippen LogP contribution in [0.1, 0.15) is 11.1 Å². The molecule has 18 heavy (non-hydrogen) atoms. The van der Waals surface area contributed by atoms with Gasteiger partial charge in [-0.3, -0.25) is 0 Å². The number of ether oxygens (including phenoxy) is 1. The van der Waals surface area contributed by atoms with Gasteiger partial charge < -0.3 is 4.74 Å². The van der Waals surface area contributed by atoms with E-state index in [0.29, 0.717) is 12.5 Å². The number of benzene rings is 2. The summed E-state index contributed by atoms with van der Waals surface area (Å²) in [5.74, 6) is 0.176. The summed E-state index contributed by atoms with van der Waals surface area (Å²) in [6, 6.07) is 12.7. The molecule has 2 aromatic carbocycles. The fraction of sp³-hybridized carbons (Fsp3) is 0.143. The van der Waals surface area contributed by atoms with Gasteiger partial charge in [0.2, 0.25) is 0 Å². The largest absolute Gasteiger partial charge is 0.486 e. The maximum Gasteiger partial charge on any atom is 0.165 e. The second-order valence-corrected chi connectivity index (χ2v) is 5.33. The summed E-state index contributed by atoms with van der Waals surface area (Å²) in [5.41, 5.74) is 1.76.